The molecule has 0 aliphatic rings. The third kappa shape index (κ3) is 2.84. The van der Waals surface area contributed by atoms with E-state index in [2.05, 4.69) is 36.5 Å². The van der Waals surface area contributed by atoms with Gasteiger partial charge in [-0.1, -0.05) is 24.3 Å². The maximum absolute atomic E-state index is 5.50. The number of nitrogens with one attached hydrogen (secondary N) is 1. The first-order valence-electron chi connectivity index (χ1n) is 4.16. The molecule has 0 aliphatic heterocycles. The number of aryl methyl sites for hydroxylation is 1. The summed E-state index contributed by atoms with van der Waals surface area (Å²) in [6, 6.07) is 8.96. The monoisotopic (exact) mass is 183 g/mol. The van der Waals surface area contributed by atoms with Gasteiger partial charge < -0.3 is 5.32 Å². The van der Waals surface area contributed by atoms with Crippen molar-refractivity contribution < 1.29 is 0 Å². The van der Waals surface area contributed by atoms with E-state index in [0.717, 1.165) is 13.0 Å². The Morgan fingerprint density at radius 3 is 2.75 bits per heavy atom. The Hall–Kier alpha value is -0.530. The van der Waals surface area contributed by atoms with E-state index >= 15 is 0 Å². The number of hydrogen-bond donors (Lipinski definition) is 1. The van der Waals surface area contributed by atoms with Crippen LogP contribution in [0, 0.1) is 6.92 Å². The maximum Gasteiger partial charge on any atom is 0.0713 e. The van der Waals surface area contributed by atoms with Gasteiger partial charge in [0.2, 0.25) is 0 Å². The molecule has 0 spiro atoms. The Morgan fingerprint density at radius 1 is 1.33 bits per heavy atom. The molecule has 1 aromatic carbocycles. The van der Waals surface area contributed by atoms with Gasteiger partial charge in [0.1, 0.15) is 0 Å². The molecule has 0 aliphatic carbocycles. The van der Waals surface area contributed by atoms with Crippen molar-refractivity contribution >= 4 is 11.6 Å². The summed E-state index contributed by atoms with van der Waals surface area (Å²) in [5.74, 6) is 0. The molecule has 0 fully saturated rings. The van der Waals surface area contributed by atoms with Crippen molar-refractivity contribution in [3.63, 3.8) is 0 Å². The highest BCUT2D eigenvalue weighted by molar-refractivity contribution is 6.17. The molecule has 1 nitrogen and oxygen atoms in total. The predicted molar refractivity (Wildman–Crippen MR) is 53.6 cm³/mol. The van der Waals surface area contributed by atoms with Crippen LogP contribution in [0.2, 0.25) is 0 Å². The normalized spacial score (nSPS) is 10.2. The first kappa shape index (κ1) is 9.56. The maximum atomic E-state index is 5.50. The van der Waals surface area contributed by atoms with Crippen LogP contribution in [0.3, 0.4) is 0 Å². The third-order valence-electron chi connectivity index (χ3n) is 1.93. The minimum absolute atomic E-state index is 0.534. The van der Waals surface area contributed by atoms with Crippen LogP contribution >= 0.6 is 11.6 Å². The zero-order chi connectivity index (χ0) is 8.81. The van der Waals surface area contributed by atoms with Gasteiger partial charge in [-0.05, 0) is 24.5 Å². The van der Waals surface area contributed by atoms with Crippen LogP contribution < -0.4 is 5.32 Å². The van der Waals surface area contributed by atoms with Gasteiger partial charge >= 0.3 is 0 Å². The highest BCUT2D eigenvalue weighted by Crippen LogP contribution is 2.06. The zero-order valence-electron chi connectivity index (χ0n) is 7.31. The molecular weight excluding hydrogens is 170 g/mol. The second-order valence-electron chi connectivity index (χ2n) is 2.81. The Morgan fingerprint density at radius 2 is 2.08 bits per heavy atom. The van der Waals surface area contributed by atoms with Crippen molar-refractivity contribution in [3.8, 4) is 0 Å². The molecule has 0 aromatic heterocycles. The quantitative estimate of drug-likeness (QED) is 0.429. The number of halogens is 1. The smallest absolute Gasteiger partial charge is 0.0713 e. The van der Waals surface area contributed by atoms with Crippen LogP contribution in [-0.4, -0.2) is 12.5 Å². The number of rotatable bonds is 4. The van der Waals surface area contributed by atoms with E-state index in [1.54, 1.807) is 0 Å². The summed E-state index contributed by atoms with van der Waals surface area (Å²) in [5.41, 5.74) is 2.75. The lowest BCUT2D eigenvalue weighted by Crippen LogP contribution is -2.15. The molecule has 0 radical (unpaired) electrons. The molecule has 1 rings (SSSR count). The molecule has 2 heteroatoms. The average Bonchev–Trinajstić information content (AvgIpc) is 2.09. The summed E-state index contributed by atoms with van der Waals surface area (Å²) in [6.07, 6.45) is 1.05. The van der Waals surface area contributed by atoms with E-state index in [1.807, 2.05) is 0 Å². The summed E-state index contributed by atoms with van der Waals surface area (Å²) in [7, 11) is 0. The summed E-state index contributed by atoms with van der Waals surface area (Å²) in [4.78, 5) is 0. The molecule has 0 atom stereocenters. The van der Waals surface area contributed by atoms with Crippen molar-refractivity contribution in [1.29, 1.82) is 0 Å². The fourth-order valence-electron chi connectivity index (χ4n) is 1.18. The third-order valence-corrected chi connectivity index (χ3v) is 2.12. The second-order valence-corrected chi connectivity index (χ2v) is 3.08. The molecule has 0 heterocycles. The Bertz CT molecular complexity index is 235. The number of benzene rings is 1. The first-order chi connectivity index (χ1) is 5.84. The lowest BCUT2D eigenvalue weighted by molar-refractivity contribution is 0.768. The van der Waals surface area contributed by atoms with Crippen LogP contribution in [0.5, 0.6) is 0 Å². The summed E-state index contributed by atoms with van der Waals surface area (Å²) in [5, 5.41) is 3.09. The van der Waals surface area contributed by atoms with E-state index in [-0.39, 0.29) is 0 Å². The van der Waals surface area contributed by atoms with Gasteiger partial charge in [0.05, 0.1) is 6.00 Å². The topological polar surface area (TPSA) is 12.0 Å². The highest BCUT2D eigenvalue weighted by atomic mass is 35.5. The summed E-state index contributed by atoms with van der Waals surface area (Å²) in [6.45, 7) is 3.09. The molecule has 12 heavy (non-hydrogen) atoms. The van der Waals surface area contributed by atoms with Crippen molar-refractivity contribution in [3.05, 3.63) is 35.4 Å². The largest absolute Gasteiger partial charge is 0.304 e. The molecule has 0 unspecified atom stereocenters. The van der Waals surface area contributed by atoms with Gasteiger partial charge in [0.25, 0.3) is 0 Å². The van der Waals surface area contributed by atoms with Gasteiger partial charge in [0, 0.05) is 6.54 Å². The van der Waals surface area contributed by atoms with Crippen molar-refractivity contribution in [2.24, 2.45) is 0 Å². The van der Waals surface area contributed by atoms with Crippen LogP contribution in [0.25, 0.3) is 0 Å². The Labute approximate surface area is 78.7 Å². The fraction of sp³-hybridized carbons (Fsp3) is 0.400. The first-order valence-corrected chi connectivity index (χ1v) is 4.69. The van der Waals surface area contributed by atoms with Gasteiger partial charge in [-0.25, -0.2) is 0 Å². The van der Waals surface area contributed by atoms with E-state index in [4.69, 9.17) is 11.6 Å². The average molecular weight is 184 g/mol. The standard InChI is InChI=1S/C10H14ClN/c1-9-4-2-3-5-10(9)6-7-12-8-11/h2-5,12H,6-8H2,1H3. The highest BCUT2D eigenvalue weighted by Gasteiger charge is 1.94. The molecule has 0 bridgehead atoms. The lowest BCUT2D eigenvalue weighted by Gasteiger charge is -2.04. The van der Waals surface area contributed by atoms with Crippen LogP contribution in [0.1, 0.15) is 11.1 Å². The fourth-order valence-corrected chi connectivity index (χ4v) is 1.31. The molecule has 0 saturated heterocycles. The van der Waals surface area contributed by atoms with Crippen molar-refractivity contribution in [2.75, 3.05) is 12.5 Å². The van der Waals surface area contributed by atoms with Crippen LogP contribution in [-0.2, 0) is 6.42 Å². The Balaban J connectivity index is 2.46. The van der Waals surface area contributed by atoms with Gasteiger partial charge in [-0.2, -0.15) is 0 Å². The zero-order valence-corrected chi connectivity index (χ0v) is 8.06. The van der Waals surface area contributed by atoms with Gasteiger partial charge in [-0.15, -0.1) is 11.6 Å². The SMILES string of the molecule is Cc1ccccc1CCNCCl. The number of alkyl halides is 1. The predicted octanol–water partition coefficient (Wildman–Crippen LogP) is 2.32. The van der Waals surface area contributed by atoms with E-state index < -0.39 is 0 Å². The molecule has 66 valence electrons. The van der Waals surface area contributed by atoms with Crippen molar-refractivity contribution in [2.45, 2.75) is 13.3 Å². The Kier molecular flexibility index (Phi) is 4.12. The molecule has 1 N–H and O–H groups in total. The summed E-state index contributed by atoms with van der Waals surface area (Å²) < 4.78 is 0. The molecule has 1 aromatic rings. The van der Waals surface area contributed by atoms with Crippen molar-refractivity contribution in [1.82, 2.24) is 5.32 Å². The second kappa shape index (κ2) is 5.18. The van der Waals surface area contributed by atoms with Crippen LogP contribution in [0.4, 0.5) is 0 Å². The molecular formula is C10H14ClN. The van der Waals surface area contributed by atoms with E-state index in [1.165, 1.54) is 11.1 Å². The minimum atomic E-state index is 0.534. The van der Waals surface area contributed by atoms with Gasteiger partial charge in [-0.3, -0.25) is 0 Å². The van der Waals surface area contributed by atoms with E-state index in [9.17, 15) is 0 Å². The lowest BCUT2D eigenvalue weighted by atomic mass is 10.1. The minimum Gasteiger partial charge on any atom is -0.304 e. The van der Waals surface area contributed by atoms with E-state index in [0.29, 0.717) is 6.00 Å². The molecule has 0 saturated carbocycles. The van der Waals surface area contributed by atoms with Crippen LogP contribution in [0.15, 0.2) is 24.3 Å². The molecule has 0 amide bonds. The number of hydrogen-bond acceptors (Lipinski definition) is 1. The summed E-state index contributed by atoms with van der Waals surface area (Å²) >= 11 is 5.50. The van der Waals surface area contributed by atoms with Gasteiger partial charge in [0.15, 0.2) is 0 Å².